The van der Waals surface area contributed by atoms with E-state index in [0.717, 1.165) is 24.3 Å². The largest absolute Gasteiger partial charge is 0.300 e. The predicted octanol–water partition coefficient (Wildman–Crippen LogP) is 2.15. The van der Waals surface area contributed by atoms with Gasteiger partial charge in [0.2, 0.25) is 0 Å². The summed E-state index contributed by atoms with van der Waals surface area (Å²) in [5.41, 5.74) is 0. The Balaban J connectivity index is 3.32. The SMILES string of the molecule is CC(=O)CCCCS(=O)CC(C)C. The summed E-state index contributed by atoms with van der Waals surface area (Å²) in [6, 6.07) is 0. The number of Topliss-reactive ketones (excluding diaryl/α,β-unsaturated/α-hetero) is 1. The Hall–Kier alpha value is -0.180. The average molecular weight is 204 g/mol. The lowest BCUT2D eigenvalue weighted by molar-refractivity contribution is -0.117. The van der Waals surface area contributed by atoms with E-state index in [4.69, 9.17) is 0 Å². The Kier molecular flexibility index (Phi) is 7.14. The van der Waals surface area contributed by atoms with Gasteiger partial charge in [-0.1, -0.05) is 13.8 Å². The first-order valence-corrected chi connectivity index (χ1v) is 6.35. The molecule has 0 heterocycles. The van der Waals surface area contributed by atoms with Gasteiger partial charge < -0.3 is 4.79 Å². The van der Waals surface area contributed by atoms with Crippen molar-refractivity contribution in [2.24, 2.45) is 5.92 Å². The molecule has 0 aromatic heterocycles. The Bertz CT molecular complexity index is 176. The monoisotopic (exact) mass is 204 g/mol. The molecule has 13 heavy (non-hydrogen) atoms. The molecule has 0 aromatic carbocycles. The Labute approximate surface area is 83.6 Å². The molecule has 0 aliphatic rings. The zero-order valence-electron chi connectivity index (χ0n) is 8.84. The second-order valence-corrected chi connectivity index (χ2v) is 5.48. The molecule has 1 unspecified atom stereocenters. The second kappa shape index (κ2) is 7.25. The maximum Gasteiger partial charge on any atom is 0.129 e. The molecule has 0 saturated carbocycles. The quantitative estimate of drug-likeness (QED) is 0.595. The topological polar surface area (TPSA) is 34.1 Å². The lowest BCUT2D eigenvalue weighted by Gasteiger charge is -2.04. The number of unbranched alkanes of at least 4 members (excludes halogenated alkanes) is 1. The van der Waals surface area contributed by atoms with Crippen LogP contribution in [0.5, 0.6) is 0 Å². The summed E-state index contributed by atoms with van der Waals surface area (Å²) in [7, 11) is -0.676. The molecule has 0 spiro atoms. The molecule has 0 aliphatic heterocycles. The molecule has 78 valence electrons. The molecular weight excluding hydrogens is 184 g/mol. The van der Waals surface area contributed by atoms with Crippen molar-refractivity contribution in [1.29, 1.82) is 0 Å². The van der Waals surface area contributed by atoms with Crippen LogP contribution in [-0.4, -0.2) is 21.5 Å². The summed E-state index contributed by atoms with van der Waals surface area (Å²) < 4.78 is 11.3. The van der Waals surface area contributed by atoms with Gasteiger partial charge in [-0.15, -0.1) is 0 Å². The van der Waals surface area contributed by atoms with Crippen molar-refractivity contribution in [3.05, 3.63) is 0 Å². The summed E-state index contributed by atoms with van der Waals surface area (Å²) in [4.78, 5) is 10.6. The van der Waals surface area contributed by atoms with Crippen molar-refractivity contribution in [3.8, 4) is 0 Å². The molecule has 0 aromatic rings. The number of ketones is 1. The van der Waals surface area contributed by atoms with Crippen LogP contribution in [0.1, 0.15) is 40.0 Å². The van der Waals surface area contributed by atoms with Crippen molar-refractivity contribution in [2.45, 2.75) is 40.0 Å². The van der Waals surface area contributed by atoms with E-state index in [9.17, 15) is 9.00 Å². The maximum absolute atomic E-state index is 11.3. The van der Waals surface area contributed by atoms with E-state index in [1.807, 2.05) is 0 Å². The van der Waals surface area contributed by atoms with Crippen molar-refractivity contribution in [1.82, 2.24) is 0 Å². The Morgan fingerprint density at radius 3 is 2.38 bits per heavy atom. The standard InChI is InChI=1S/C10H20O2S/c1-9(2)8-13(12)7-5-4-6-10(3)11/h9H,4-8H2,1-3H3. The fraction of sp³-hybridized carbons (Fsp3) is 0.900. The third-order valence-corrected chi connectivity index (χ3v) is 3.45. The fourth-order valence-electron chi connectivity index (χ4n) is 1.09. The van der Waals surface area contributed by atoms with E-state index < -0.39 is 10.8 Å². The van der Waals surface area contributed by atoms with Gasteiger partial charge in [-0.25, -0.2) is 0 Å². The second-order valence-electron chi connectivity index (χ2n) is 3.86. The minimum atomic E-state index is -0.676. The van der Waals surface area contributed by atoms with Crippen LogP contribution in [0.4, 0.5) is 0 Å². The zero-order valence-corrected chi connectivity index (χ0v) is 9.65. The number of carbonyl (C=O) groups is 1. The van der Waals surface area contributed by atoms with E-state index >= 15 is 0 Å². The molecule has 0 fully saturated rings. The normalized spacial score (nSPS) is 13.2. The van der Waals surface area contributed by atoms with Crippen LogP contribution >= 0.6 is 0 Å². The molecule has 0 rings (SSSR count). The van der Waals surface area contributed by atoms with E-state index in [-0.39, 0.29) is 5.78 Å². The van der Waals surface area contributed by atoms with E-state index in [0.29, 0.717) is 12.3 Å². The van der Waals surface area contributed by atoms with Crippen molar-refractivity contribution in [3.63, 3.8) is 0 Å². The first-order valence-electron chi connectivity index (χ1n) is 4.86. The smallest absolute Gasteiger partial charge is 0.129 e. The highest BCUT2D eigenvalue weighted by Crippen LogP contribution is 2.01. The zero-order chi connectivity index (χ0) is 10.3. The minimum absolute atomic E-state index is 0.231. The van der Waals surface area contributed by atoms with Crippen LogP contribution in [0.15, 0.2) is 0 Å². The molecule has 2 nitrogen and oxygen atoms in total. The van der Waals surface area contributed by atoms with Crippen LogP contribution in [0.25, 0.3) is 0 Å². The van der Waals surface area contributed by atoms with Crippen LogP contribution in [0.2, 0.25) is 0 Å². The third-order valence-electron chi connectivity index (χ3n) is 1.67. The van der Waals surface area contributed by atoms with Crippen LogP contribution < -0.4 is 0 Å². The summed E-state index contributed by atoms with van der Waals surface area (Å²) in [6.45, 7) is 5.76. The molecule has 0 bridgehead atoms. The molecule has 3 heteroatoms. The van der Waals surface area contributed by atoms with Crippen molar-refractivity contribution >= 4 is 16.6 Å². The van der Waals surface area contributed by atoms with Crippen LogP contribution in [-0.2, 0) is 15.6 Å². The molecule has 1 atom stereocenters. The first-order chi connectivity index (χ1) is 6.02. The Morgan fingerprint density at radius 2 is 1.92 bits per heavy atom. The van der Waals surface area contributed by atoms with Gasteiger partial charge in [-0.3, -0.25) is 4.21 Å². The van der Waals surface area contributed by atoms with E-state index in [1.54, 1.807) is 6.92 Å². The van der Waals surface area contributed by atoms with Gasteiger partial charge in [0, 0.05) is 28.7 Å². The highest BCUT2D eigenvalue weighted by molar-refractivity contribution is 7.84. The molecule has 0 N–H and O–H groups in total. The molecule has 0 aliphatic carbocycles. The van der Waals surface area contributed by atoms with Gasteiger partial charge in [0.25, 0.3) is 0 Å². The highest BCUT2D eigenvalue weighted by Gasteiger charge is 2.03. The number of hydrogen-bond donors (Lipinski definition) is 0. The summed E-state index contributed by atoms with van der Waals surface area (Å²) in [5.74, 6) is 2.29. The summed E-state index contributed by atoms with van der Waals surface area (Å²) >= 11 is 0. The van der Waals surface area contributed by atoms with Gasteiger partial charge in [0.05, 0.1) is 0 Å². The summed E-state index contributed by atoms with van der Waals surface area (Å²) in [6.07, 6.45) is 2.44. The van der Waals surface area contributed by atoms with Crippen LogP contribution in [0.3, 0.4) is 0 Å². The number of carbonyl (C=O) groups excluding carboxylic acids is 1. The fourth-order valence-corrected chi connectivity index (χ4v) is 2.53. The number of rotatable bonds is 7. The van der Waals surface area contributed by atoms with Gasteiger partial charge in [-0.05, 0) is 25.7 Å². The summed E-state index contributed by atoms with van der Waals surface area (Å²) in [5, 5.41) is 0. The third kappa shape index (κ3) is 9.74. The lowest BCUT2D eigenvalue weighted by Crippen LogP contribution is -2.08. The maximum atomic E-state index is 11.3. The molecular formula is C10H20O2S. The minimum Gasteiger partial charge on any atom is -0.300 e. The van der Waals surface area contributed by atoms with Crippen LogP contribution in [0, 0.1) is 5.92 Å². The first kappa shape index (κ1) is 12.8. The van der Waals surface area contributed by atoms with Gasteiger partial charge >= 0.3 is 0 Å². The molecule has 0 radical (unpaired) electrons. The number of hydrogen-bond acceptors (Lipinski definition) is 2. The van der Waals surface area contributed by atoms with Gasteiger partial charge in [0.1, 0.15) is 5.78 Å². The van der Waals surface area contributed by atoms with Crippen molar-refractivity contribution < 1.29 is 9.00 Å². The van der Waals surface area contributed by atoms with Gasteiger partial charge in [0.15, 0.2) is 0 Å². The lowest BCUT2D eigenvalue weighted by atomic mass is 10.2. The van der Waals surface area contributed by atoms with Gasteiger partial charge in [-0.2, -0.15) is 0 Å². The van der Waals surface area contributed by atoms with E-state index in [2.05, 4.69) is 13.8 Å². The molecule has 0 saturated heterocycles. The predicted molar refractivity (Wildman–Crippen MR) is 57.2 cm³/mol. The molecule has 0 amide bonds. The Morgan fingerprint density at radius 1 is 1.31 bits per heavy atom. The average Bonchev–Trinajstić information content (AvgIpc) is 1.96. The highest BCUT2D eigenvalue weighted by atomic mass is 32.2. The van der Waals surface area contributed by atoms with E-state index in [1.165, 1.54) is 0 Å². The van der Waals surface area contributed by atoms with Crippen molar-refractivity contribution in [2.75, 3.05) is 11.5 Å².